The Morgan fingerprint density at radius 1 is 1.10 bits per heavy atom. The predicted molar refractivity (Wildman–Crippen MR) is 107 cm³/mol. The summed E-state index contributed by atoms with van der Waals surface area (Å²) in [5, 5.41) is 5.33. The number of nitrogens with one attached hydrogen (secondary N) is 3. The van der Waals surface area contributed by atoms with Gasteiger partial charge in [0.05, 0.1) is 13.4 Å². The number of benzene rings is 2. The molecule has 3 aromatic rings. The number of H-pyrrole nitrogens is 1. The summed E-state index contributed by atoms with van der Waals surface area (Å²) in [6, 6.07) is 9.84. The molecule has 0 aliphatic heterocycles. The van der Waals surface area contributed by atoms with Gasteiger partial charge in [0, 0.05) is 23.5 Å². The van der Waals surface area contributed by atoms with Crippen LogP contribution in [0.15, 0.2) is 48.8 Å². The molecule has 2 aromatic carbocycles. The molecule has 5 N–H and O–H groups in total. The van der Waals surface area contributed by atoms with Gasteiger partial charge in [-0.1, -0.05) is 0 Å². The number of esters is 1. The second-order valence-corrected chi connectivity index (χ2v) is 6.11. The lowest BCUT2D eigenvalue weighted by molar-refractivity contribution is 0.0591. The van der Waals surface area contributed by atoms with Gasteiger partial charge in [-0.15, -0.1) is 0 Å². The van der Waals surface area contributed by atoms with Crippen molar-refractivity contribution in [2.24, 2.45) is 5.73 Å². The fourth-order valence-corrected chi connectivity index (χ4v) is 2.67. The Balaban J connectivity index is 1.76. The molecular weight excluding hydrogens is 393 g/mol. The highest BCUT2D eigenvalue weighted by molar-refractivity contribution is 6.09. The lowest BCUT2D eigenvalue weighted by Gasteiger charge is -2.13. The van der Waals surface area contributed by atoms with Crippen LogP contribution >= 0.6 is 0 Å². The summed E-state index contributed by atoms with van der Waals surface area (Å²) < 4.78 is 17.6. The number of rotatable bonds is 6. The maximum atomic E-state index is 13.0. The maximum absolute atomic E-state index is 13.0. The third kappa shape index (κ3) is 4.50. The second-order valence-electron chi connectivity index (χ2n) is 6.11. The first-order chi connectivity index (χ1) is 14.4. The van der Waals surface area contributed by atoms with Crippen LogP contribution in [0.1, 0.15) is 36.9 Å². The SMILES string of the molecule is COC(=O)c1nc[nH]c1C(=O)Nc1ccc(NC(=O)c2ccc(F)cc2)c(CN)c1. The molecule has 154 valence electrons. The van der Waals surface area contributed by atoms with E-state index in [-0.39, 0.29) is 23.5 Å². The Morgan fingerprint density at radius 3 is 2.50 bits per heavy atom. The fraction of sp³-hybridized carbons (Fsp3) is 0.100. The van der Waals surface area contributed by atoms with Crippen molar-refractivity contribution in [1.29, 1.82) is 0 Å². The number of aromatic amines is 1. The first-order valence-corrected chi connectivity index (χ1v) is 8.76. The van der Waals surface area contributed by atoms with E-state index in [2.05, 4.69) is 25.3 Å². The van der Waals surface area contributed by atoms with Crippen LogP contribution in [0.2, 0.25) is 0 Å². The lowest BCUT2D eigenvalue weighted by Crippen LogP contribution is -2.18. The van der Waals surface area contributed by atoms with E-state index in [1.165, 1.54) is 37.7 Å². The molecule has 0 saturated heterocycles. The molecule has 9 nitrogen and oxygen atoms in total. The Morgan fingerprint density at radius 2 is 1.83 bits per heavy atom. The zero-order valence-electron chi connectivity index (χ0n) is 15.9. The highest BCUT2D eigenvalue weighted by atomic mass is 19.1. The van der Waals surface area contributed by atoms with E-state index in [9.17, 15) is 18.8 Å². The normalized spacial score (nSPS) is 10.4. The van der Waals surface area contributed by atoms with E-state index in [1.807, 2.05) is 0 Å². The van der Waals surface area contributed by atoms with Crippen LogP contribution in [0.5, 0.6) is 0 Å². The molecule has 10 heteroatoms. The molecule has 0 aliphatic carbocycles. The number of nitrogens with zero attached hydrogens (tertiary/aromatic N) is 1. The van der Waals surface area contributed by atoms with Crippen LogP contribution < -0.4 is 16.4 Å². The predicted octanol–water partition coefficient (Wildman–Crippen LogP) is 2.30. The van der Waals surface area contributed by atoms with Crippen molar-refractivity contribution >= 4 is 29.2 Å². The Hall–Kier alpha value is -4.05. The molecule has 1 heterocycles. The van der Waals surface area contributed by atoms with Gasteiger partial charge in [0.2, 0.25) is 0 Å². The zero-order valence-corrected chi connectivity index (χ0v) is 15.9. The molecule has 1 aromatic heterocycles. The van der Waals surface area contributed by atoms with E-state index in [1.54, 1.807) is 18.2 Å². The van der Waals surface area contributed by atoms with Gasteiger partial charge >= 0.3 is 5.97 Å². The van der Waals surface area contributed by atoms with E-state index in [0.717, 1.165) is 0 Å². The van der Waals surface area contributed by atoms with Gasteiger partial charge in [0.1, 0.15) is 11.5 Å². The van der Waals surface area contributed by atoms with Crippen LogP contribution in [-0.2, 0) is 11.3 Å². The third-order valence-corrected chi connectivity index (χ3v) is 4.18. The molecule has 0 atom stereocenters. The van der Waals surface area contributed by atoms with E-state index in [4.69, 9.17) is 5.73 Å². The number of methoxy groups -OCH3 is 1. The molecule has 0 unspecified atom stereocenters. The minimum Gasteiger partial charge on any atom is -0.464 e. The average Bonchev–Trinajstić information content (AvgIpc) is 3.24. The van der Waals surface area contributed by atoms with Gasteiger partial charge in [0.25, 0.3) is 11.8 Å². The number of nitrogens with two attached hydrogens (primary N) is 1. The average molecular weight is 411 g/mol. The van der Waals surface area contributed by atoms with Crippen LogP contribution in [-0.4, -0.2) is 34.9 Å². The third-order valence-electron chi connectivity index (χ3n) is 4.18. The molecule has 30 heavy (non-hydrogen) atoms. The number of carbonyl (C=O) groups is 3. The van der Waals surface area contributed by atoms with Gasteiger partial charge in [-0.2, -0.15) is 0 Å². The number of hydrogen-bond donors (Lipinski definition) is 4. The molecule has 3 rings (SSSR count). The molecule has 0 saturated carbocycles. The Bertz CT molecular complexity index is 1090. The highest BCUT2D eigenvalue weighted by Crippen LogP contribution is 2.22. The lowest BCUT2D eigenvalue weighted by atomic mass is 10.1. The van der Waals surface area contributed by atoms with Crippen molar-refractivity contribution in [3.63, 3.8) is 0 Å². The number of ether oxygens (including phenoxy) is 1. The molecule has 0 aliphatic rings. The van der Waals surface area contributed by atoms with E-state index in [0.29, 0.717) is 16.9 Å². The summed E-state index contributed by atoms with van der Waals surface area (Å²) in [4.78, 5) is 42.9. The standard InChI is InChI=1S/C20H18FN5O4/c1-30-20(29)17-16(23-10-24-17)19(28)25-14-6-7-15(12(8-14)9-22)26-18(27)11-2-4-13(21)5-3-11/h2-8,10H,9,22H2,1H3,(H,23,24)(H,25,28)(H,26,27). The van der Waals surface area contributed by atoms with Gasteiger partial charge in [0.15, 0.2) is 5.69 Å². The first-order valence-electron chi connectivity index (χ1n) is 8.76. The minimum absolute atomic E-state index is 0.0511. The van der Waals surface area contributed by atoms with Gasteiger partial charge in [-0.25, -0.2) is 14.2 Å². The first kappa shape index (κ1) is 20.7. The molecule has 0 bridgehead atoms. The number of hydrogen-bond acceptors (Lipinski definition) is 6. The highest BCUT2D eigenvalue weighted by Gasteiger charge is 2.21. The minimum atomic E-state index is -0.747. The molecule has 2 amide bonds. The van der Waals surface area contributed by atoms with E-state index < -0.39 is 23.6 Å². The van der Waals surface area contributed by atoms with Crippen LogP contribution in [0.25, 0.3) is 0 Å². The largest absolute Gasteiger partial charge is 0.464 e. The van der Waals surface area contributed by atoms with Crippen molar-refractivity contribution in [1.82, 2.24) is 9.97 Å². The van der Waals surface area contributed by atoms with Crippen LogP contribution in [0.4, 0.5) is 15.8 Å². The summed E-state index contributed by atoms with van der Waals surface area (Å²) in [5.74, 6) is -2.22. The summed E-state index contributed by atoms with van der Waals surface area (Å²) in [6.07, 6.45) is 1.21. The van der Waals surface area contributed by atoms with Crippen LogP contribution in [0.3, 0.4) is 0 Å². The fourth-order valence-electron chi connectivity index (χ4n) is 2.67. The summed E-state index contributed by atoms with van der Waals surface area (Å²) in [5.41, 5.74) is 7.26. The number of carbonyl (C=O) groups excluding carboxylic acids is 3. The van der Waals surface area contributed by atoms with Crippen molar-refractivity contribution in [2.45, 2.75) is 6.54 Å². The van der Waals surface area contributed by atoms with E-state index >= 15 is 0 Å². The second kappa shape index (κ2) is 8.97. The summed E-state index contributed by atoms with van der Waals surface area (Å²) in [7, 11) is 1.19. The molecular formula is C20H18FN5O4. The zero-order chi connectivity index (χ0) is 21.7. The summed E-state index contributed by atoms with van der Waals surface area (Å²) >= 11 is 0. The number of imidazole rings is 1. The van der Waals surface area contributed by atoms with Crippen LogP contribution in [0, 0.1) is 5.82 Å². The monoisotopic (exact) mass is 411 g/mol. The van der Waals surface area contributed by atoms with Gasteiger partial charge < -0.3 is 26.1 Å². The Kier molecular flexibility index (Phi) is 6.18. The number of amides is 2. The van der Waals surface area contributed by atoms with Crippen molar-refractivity contribution in [3.8, 4) is 0 Å². The van der Waals surface area contributed by atoms with Gasteiger partial charge in [-0.3, -0.25) is 9.59 Å². The topological polar surface area (TPSA) is 139 Å². The van der Waals surface area contributed by atoms with Gasteiger partial charge in [-0.05, 0) is 48.0 Å². The number of anilines is 2. The summed E-state index contributed by atoms with van der Waals surface area (Å²) in [6.45, 7) is 0.0835. The van der Waals surface area contributed by atoms with Crippen molar-refractivity contribution in [2.75, 3.05) is 17.7 Å². The van der Waals surface area contributed by atoms with Crippen molar-refractivity contribution < 1.29 is 23.5 Å². The Labute approximate surface area is 170 Å². The number of aromatic nitrogens is 2. The molecule has 0 spiro atoms. The maximum Gasteiger partial charge on any atom is 0.359 e. The smallest absolute Gasteiger partial charge is 0.359 e. The number of halogens is 1. The van der Waals surface area contributed by atoms with Crippen molar-refractivity contribution in [3.05, 3.63) is 77.1 Å². The quantitative estimate of drug-likeness (QED) is 0.459. The molecule has 0 fully saturated rings. The molecule has 0 radical (unpaired) electrons.